The smallest absolute Gasteiger partial charge is 0.223 e. The van der Waals surface area contributed by atoms with E-state index in [-0.39, 0.29) is 75.9 Å². The maximum absolute atomic E-state index is 13.8. The van der Waals surface area contributed by atoms with Gasteiger partial charge in [0, 0.05) is 44.8 Å². The van der Waals surface area contributed by atoms with Crippen LogP contribution in [0, 0.1) is 29.6 Å². The van der Waals surface area contributed by atoms with Crippen molar-refractivity contribution < 1.29 is 52.7 Å². The number of amides is 4. The second kappa shape index (κ2) is 31.4. The summed E-state index contributed by atoms with van der Waals surface area (Å²) in [6.07, 6.45) is 17.8. The van der Waals surface area contributed by atoms with Crippen LogP contribution in [0.1, 0.15) is 109 Å². The minimum absolute atomic E-state index is 0.0652. The van der Waals surface area contributed by atoms with E-state index in [9.17, 15) is 24.3 Å². The van der Waals surface area contributed by atoms with Gasteiger partial charge in [-0.2, -0.15) is 0 Å². The fourth-order valence-electron chi connectivity index (χ4n) is 8.83. The maximum Gasteiger partial charge on any atom is 0.223 e. The standard InChI is InChI=1S/C43H79N5O11/c44-18-24-55-28-30-57-26-20-47-41(52)17-23-59-33-43(31-49,32-58-22-16-40(51)46-19-25-56-29-27-54-21-15-39(45)50)48-42(53)38-13-11-37(12-14-38)36-8-4-3-7-35(9-10-36)34-5-1-2-6-34/h34-38,49H,1-33,44H2,(H2,45,50)(H,46,51)(H,47,52)(H,48,53). The van der Waals surface area contributed by atoms with Crippen LogP contribution in [0.25, 0.3) is 0 Å². The predicted octanol–water partition coefficient (Wildman–Crippen LogP) is 2.36. The zero-order chi connectivity index (χ0) is 42.4. The number of ether oxygens (including phenoxy) is 6. The summed E-state index contributed by atoms with van der Waals surface area (Å²) in [6, 6.07) is 0. The van der Waals surface area contributed by atoms with Crippen LogP contribution in [0.4, 0.5) is 0 Å². The summed E-state index contributed by atoms with van der Waals surface area (Å²) in [7, 11) is 0. The first-order chi connectivity index (χ1) is 28.7. The molecule has 3 atom stereocenters. The number of primary amides is 1. The summed E-state index contributed by atoms with van der Waals surface area (Å²) in [5.74, 6) is 2.11. The summed E-state index contributed by atoms with van der Waals surface area (Å²) in [5.41, 5.74) is 9.22. The molecular formula is C43H79N5O11. The van der Waals surface area contributed by atoms with Crippen LogP contribution < -0.4 is 27.4 Å². The molecule has 0 aliphatic heterocycles. The Bertz CT molecular complexity index is 1160. The van der Waals surface area contributed by atoms with Gasteiger partial charge in [-0.3, -0.25) is 19.2 Å². The number of hydrogen-bond donors (Lipinski definition) is 6. The molecule has 3 aliphatic rings. The first kappa shape index (κ1) is 50.9. The quantitative estimate of drug-likeness (QED) is 0.0537. The van der Waals surface area contributed by atoms with Crippen LogP contribution in [0.15, 0.2) is 0 Å². The van der Waals surface area contributed by atoms with E-state index < -0.39 is 18.1 Å². The van der Waals surface area contributed by atoms with Gasteiger partial charge in [-0.15, -0.1) is 0 Å². The summed E-state index contributed by atoms with van der Waals surface area (Å²) < 4.78 is 33.2. The number of carbonyl (C=O) groups is 4. The zero-order valence-corrected chi connectivity index (χ0v) is 35.9. The van der Waals surface area contributed by atoms with E-state index in [0.29, 0.717) is 71.8 Å². The number of aliphatic hydroxyl groups excluding tert-OH is 1. The van der Waals surface area contributed by atoms with E-state index in [1.165, 1.54) is 64.2 Å². The topological polar surface area (TPSA) is 232 Å². The van der Waals surface area contributed by atoms with Crippen molar-refractivity contribution >= 4 is 23.6 Å². The molecule has 0 aromatic carbocycles. The minimum Gasteiger partial charge on any atom is -0.394 e. The Labute approximate surface area is 353 Å². The fourth-order valence-corrected chi connectivity index (χ4v) is 8.83. The molecule has 0 radical (unpaired) electrons. The molecule has 3 aliphatic carbocycles. The van der Waals surface area contributed by atoms with Gasteiger partial charge in [0.15, 0.2) is 0 Å². The summed E-state index contributed by atoms with van der Waals surface area (Å²) in [5, 5.41) is 19.3. The first-order valence-electron chi connectivity index (χ1n) is 22.7. The maximum atomic E-state index is 13.8. The Morgan fingerprint density at radius 1 is 0.525 bits per heavy atom. The lowest BCUT2D eigenvalue weighted by molar-refractivity contribution is -0.133. The Kier molecular flexibility index (Phi) is 27.1. The number of aliphatic hydroxyl groups is 1. The molecule has 0 aromatic rings. The van der Waals surface area contributed by atoms with E-state index in [1.54, 1.807) is 0 Å². The van der Waals surface area contributed by atoms with Crippen molar-refractivity contribution in [3.05, 3.63) is 0 Å². The van der Waals surface area contributed by atoms with E-state index in [4.69, 9.17) is 39.9 Å². The third-order valence-electron chi connectivity index (χ3n) is 12.2. The lowest BCUT2D eigenvalue weighted by Crippen LogP contribution is -2.59. The molecule has 0 bridgehead atoms. The molecule has 3 unspecified atom stereocenters. The van der Waals surface area contributed by atoms with Crippen LogP contribution in [0.2, 0.25) is 0 Å². The molecule has 0 saturated heterocycles. The van der Waals surface area contributed by atoms with Crippen molar-refractivity contribution in [1.29, 1.82) is 0 Å². The third-order valence-corrected chi connectivity index (χ3v) is 12.2. The second-order valence-electron chi connectivity index (χ2n) is 16.7. The molecule has 342 valence electrons. The van der Waals surface area contributed by atoms with Crippen molar-refractivity contribution in [2.24, 2.45) is 41.1 Å². The highest BCUT2D eigenvalue weighted by atomic mass is 16.5. The van der Waals surface area contributed by atoms with E-state index in [1.807, 2.05) is 0 Å². The Hall–Kier alpha value is -2.44. The average molecular weight is 842 g/mol. The fraction of sp³-hybridized carbons (Fsp3) is 0.907. The van der Waals surface area contributed by atoms with Gasteiger partial charge in [-0.1, -0.05) is 51.4 Å². The minimum atomic E-state index is -1.25. The van der Waals surface area contributed by atoms with E-state index >= 15 is 0 Å². The van der Waals surface area contributed by atoms with Crippen LogP contribution in [0.3, 0.4) is 0 Å². The lowest BCUT2D eigenvalue weighted by Gasteiger charge is -2.38. The number of nitrogens with two attached hydrogens (primary N) is 2. The largest absolute Gasteiger partial charge is 0.394 e. The van der Waals surface area contributed by atoms with Crippen molar-refractivity contribution in [1.82, 2.24) is 16.0 Å². The second-order valence-corrected chi connectivity index (χ2v) is 16.7. The highest BCUT2D eigenvalue weighted by Crippen LogP contribution is 2.43. The molecule has 3 saturated carbocycles. The first-order valence-corrected chi connectivity index (χ1v) is 22.7. The molecule has 0 spiro atoms. The van der Waals surface area contributed by atoms with Crippen molar-refractivity contribution in [2.45, 2.75) is 115 Å². The highest BCUT2D eigenvalue weighted by Gasteiger charge is 2.38. The Morgan fingerprint density at radius 2 is 0.932 bits per heavy atom. The van der Waals surface area contributed by atoms with Gasteiger partial charge in [0.25, 0.3) is 0 Å². The zero-order valence-electron chi connectivity index (χ0n) is 35.9. The highest BCUT2D eigenvalue weighted by molar-refractivity contribution is 5.79. The van der Waals surface area contributed by atoms with Crippen LogP contribution in [-0.2, 0) is 47.6 Å². The van der Waals surface area contributed by atoms with Crippen molar-refractivity contribution in [2.75, 3.05) is 106 Å². The van der Waals surface area contributed by atoms with Gasteiger partial charge in [-0.25, -0.2) is 0 Å². The van der Waals surface area contributed by atoms with Crippen LogP contribution in [0.5, 0.6) is 0 Å². The molecule has 16 nitrogen and oxygen atoms in total. The lowest BCUT2D eigenvalue weighted by atomic mass is 9.69. The number of rotatable bonds is 32. The molecule has 3 fully saturated rings. The number of hydrogen-bond acceptors (Lipinski definition) is 12. The van der Waals surface area contributed by atoms with Gasteiger partial charge in [0.2, 0.25) is 23.6 Å². The molecule has 0 heterocycles. The molecule has 4 amide bonds. The van der Waals surface area contributed by atoms with Crippen LogP contribution in [-0.4, -0.2) is 140 Å². The molecular weight excluding hydrogens is 762 g/mol. The molecule has 0 aromatic heterocycles. The molecule has 3 rings (SSSR count). The van der Waals surface area contributed by atoms with Gasteiger partial charge < -0.3 is 60.9 Å². The average Bonchev–Trinajstić information content (AvgIpc) is 3.76. The van der Waals surface area contributed by atoms with Gasteiger partial charge in [0.1, 0.15) is 5.54 Å². The van der Waals surface area contributed by atoms with Gasteiger partial charge in [-0.05, 0) is 62.2 Å². The predicted molar refractivity (Wildman–Crippen MR) is 223 cm³/mol. The van der Waals surface area contributed by atoms with Crippen molar-refractivity contribution in [3.63, 3.8) is 0 Å². The summed E-state index contributed by atoms with van der Waals surface area (Å²) >= 11 is 0. The Morgan fingerprint density at radius 3 is 1.39 bits per heavy atom. The SMILES string of the molecule is NCCOCCOCCNC(=O)CCOCC(CO)(COCCC(=O)NCCOCCOCCC(N)=O)NC(=O)C1CCC(C2CCCCC(C3CCCC3)CC2)CC1. The van der Waals surface area contributed by atoms with E-state index in [0.717, 1.165) is 43.4 Å². The summed E-state index contributed by atoms with van der Waals surface area (Å²) in [4.78, 5) is 49.4. The molecule has 8 N–H and O–H groups in total. The van der Waals surface area contributed by atoms with E-state index in [2.05, 4.69) is 16.0 Å². The number of carbonyl (C=O) groups excluding carboxylic acids is 4. The normalized spacial score (nSPS) is 22.5. The Balaban J connectivity index is 1.43. The number of nitrogens with one attached hydrogen (secondary N) is 3. The van der Waals surface area contributed by atoms with Crippen molar-refractivity contribution in [3.8, 4) is 0 Å². The molecule has 59 heavy (non-hydrogen) atoms. The third kappa shape index (κ3) is 22.3. The monoisotopic (exact) mass is 842 g/mol. The van der Waals surface area contributed by atoms with Gasteiger partial charge in [0.05, 0.1) is 85.9 Å². The summed E-state index contributed by atoms with van der Waals surface area (Å²) in [6.45, 7) is 3.54. The van der Waals surface area contributed by atoms with Gasteiger partial charge >= 0.3 is 0 Å². The van der Waals surface area contributed by atoms with Crippen LogP contribution >= 0.6 is 0 Å². The molecule has 16 heteroatoms.